The molecule has 3 rings (SSSR count). The fourth-order valence-electron chi connectivity index (χ4n) is 2.89. The Bertz CT molecular complexity index is 746. The van der Waals surface area contributed by atoms with Crippen LogP contribution >= 0.6 is 24.8 Å². The van der Waals surface area contributed by atoms with Crippen molar-refractivity contribution in [1.29, 1.82) is 0 Å². The molecule has 1 atom stereocenters. The van der Waals surface area contributed by atoms with E-state index in [1.807, 2.05) is 4.90 Å². The number of furan rings is 1. The minimum Gasteiger partial charge on any atom is -0.467 e. The van der Waals surface area contributed by atoms with Crippen LogP contribution in [-0.2, 0) is 6.54 Å². The maximum atomic E-state index is 12.5. The minimum absolute atomic E-state index is 0. The molecule has 0 saturated carbocycles. The lowest BCUT2D eigenvalue weighted by molar-refractivity contribution is -0.0495. The Morgan fingerprint density at radius 2 is 2.11 bits per heavy atom. The van der Waals surface area contributed by atoms with E-state index in [0.717, 1.165) is 0 Å². The summed E-state index contributed by atoms with van der Waals surface area (Å²) in [6, 6.07) is 8.15. The normalized spacial score (nSPS) is 15.9. The van der Waals surface area contributed by atoms with E-state index in [9.17, 15) is 13.6 Å². The van der Waals surface area contributed by atoms with Crippen LogP contribution in [0.2, 0.25) is 0 Å². The molecule has 1 fully saturated rings. The molecule has 3 N–H and O–H groups in total. The molecule has 1 saturated heterocycles. The second-order valence-corrected chi connectivity index (χ2v) is 5.76. The number of nitrogens with one attached hydrogen (secondary N) is 1. The first-order valence-electron chi connectivity index (χ1n) is 7.94. The largest absolute Gasteiger partial charge is 0.467 e. The standard InChI is InChI=1S/C17H19F2N3O3.2ClH/c18-17(19)25-15-4-2-1-3-14(15)22-6-5-12(9-22)21-16(23)11-7-13(8-20)24-10-11;;/h1-4,7,10,12,17H,5-6,8-9,20H2,(H,21,23);2*1H. The number of halogens is 4. The van der Waals surface area contributed by atoms with Gasteiger partial charge in [0.15, 0.2) is 0 Å². The lowest BCUT2D eigenvalue weighted by Crippen LogP contribution is -2.37. The van der Waals surface area contributed by atoms with E-state index in [1.54, 1.807) is 24.3 Å². The number of hydrogen-bond donors (Lipinski definition) is 2. The quantitative estimate of drug-likeness (QED) is 0.745. The van der Waals surface area contributed by atoms with Gasteiger partial charge in [-0.1, -0.05) is 12.1 Å². The highest BCUT2D eigenvalue weighted by Crippen LogP contribution is 2.31. The highest BCUT2D eigenvalue weighted by atomic mass is 35.5. The van der Waals surface area contributed by atoms with Crippen LogP contribution < -0.4 is 20.7 Å². The van der Waals surface area contributed by atoms with Crippen LogP contribution in [0.15, 0.2) is 41.0 Å². The van der Waals surface area contributed by atoms with Gasteiger partial charge in [-0.15, -0.1) is 24.8 Å². The molecule has 10 heteroatoms. The van der Waals surface area contributed by atoms with Crippen molar-refractivity contribution in [2.24, 2.45) is 5.73 Å². The lowest BCUT2D eigenvalue weighted by Gasteiger charge is -2.22. The van der Waals surface area contributed by atoms with Gasteiger partial charge in [0.1, 0.15) is 17.8 Å². The van der Waals surface area contributed by atoms with Crippen LogP contribution in [0.4, 0.5) is 14.5 Å². The summed E-state index contributed by atoms with van der Waals surface area (Å²) in [6.45, 7) is -1.51. The fraction of sp³-hybridized carbons (Fsp3) is 0.353. The Labute approximate surface area is 167 Å². The Morgan fingerprint density at radius 1 is 1.37 bits per heavy atom. The predicted octanol–water partition coefficient (Wildman–Crippen LogP) is 3.19. The molecule has 1 unspecified atom stereocenters. The third-order valence-electron chi connectivity index (χ3n) is 4.06. The summed E-state index contributed by atoms with van der Waals surface area (Å²) >= 11 is 0. The molecule has 2 aromatic rings. The van der Waals surface area contributed by atoms with E-state index in [4.69, 9.17) is 10.2 Å². The number of nitrogens with two attached hydrogens (primary N) is 1. The Balaban J connectivity index is 0.00000182. The summed E-state index contributed by atoms with van der Waals surface area (Å²) in [5, 5.41) is 2.92. The van der Waals surface area contributed by atoms with Crippen molar-refractivity contribution in [3.63, 3.8) is 0 Å². The fourth-order valence-corrected chi connectivity index (χ4v) is 2.89. The zero-order chi connectivity index (χ0) is 17.8. The Kier molecular flexibility index (Phi) is 8.81. The van der Waals surface area contributed by atoms with Crippen LogP contribution in [0.25, 0.3) is 0 Å². The molecule has 1 aliphatic heterocycles. The number of nitrogens with zero attached hydrogens (tertiary/aromatic N) is 1. The summed E-state index contributed by atoms with van der Waals surface area (Å²) in [6.07, 6.45) is 2.08. The third kappa shape index (κ3) is 5.72. The van der Waals surface area contributed by atoms with E-state index >= 15 is 0 Å². The minimum atomic E-state index is -2.88. The molecule has 2 heterocycles. The summed E-state index contributed by atoms with van der Waals surface area (Å²) < 4.78 is 34.8. The van der Waals surface area contributed by atoms with E-state index < -0.39 is 6.61 Å². The van der Waals surface area contributed by atoms with E-state index in [0.29, 0.717) is 36.5 Å². The van der Waals surface area contributed by atoms with Crippen molar-refractivity contribution in [3.8, 4) is 5.75 Å². The number of benzene rings is 1. The average Bonchev–Trinajstić information content (AvgIpc) is 3.24. The highest BCUT2D eigenvalue weighted by Gasteiger charge is 2.27. The summed E-state index contributed by atoms with van der Waals surface area (Å²) in [5.41, 5.74) is 6.47. The topological polar surface area (TPSA) is 80.7 Å². The third-order valence-corrected chi connectivity index (χ3v) is 4.06. The number of carbonyl (C=O) groups excluding carboxylic acids is 1. The van der Waals surface area contributed by atoms with E-state index in [2.05, 4.69) is 10.1 Å². The Morgan fingerprint density at radius 3 is 2.78 bits per heavy atom. The first-order chi connectivity index (χ1) is 12.1. The number of rotatable bonds is 6. The first kappa shape index (κ1) is 23.0. The molecule has 1 aliphatic rings. The number of anilines is 1. The van der Waals surface area contributed by atoms with Crippen molar-refractivity contribution in [2.75, 3.05) is 18.0 Å². The van der Waals surface area contributed by atoms with Crippen molar-refractivity contribution in [3.05, 3.63) is 47.9 Å². The molecule has 1 amide bonds. The van der Waals surface area contributed by atoms with Crippen LogP contribution in [-0.4, -0.2) is 31.7 Å². The summed E-state index contributed by atoms with van der Waals surface area (Å²) in [4.78, 5) is 14.2. The van der Waals surface area contributed by atoms with Gasteiger partial charge in [0.05, 0.1) is 17.8 Å². The summed E-state index contributed by atoms with van der Waals surface area (Å²) in [5.74, 6) is 0.426. The number of ether oxygens (including phenoxy) is 1. The zero-order valence-corrected chi connectivity index (χ0v) is 15.9. The maximum absolute atomic E-state index is 12.5. The van der Waals surface area contributed by atoms with Gasteiger partial charge in [0.25, 0.3) is 5.91 Å². The van der Waals surface area contributed by atoms with Crippen molar-refractivity contribution >= 4 is 36.4 Å². The van der Waals surface area contributed by atoms with Gasteiger partial charge in [0.2, 0.25) is 0 Å². The second-order valence-electron chi connectivity index (χ2n) is 5.76. The van der Waals surface area contributed by atoms with Gasteiger partial charge >= 0.3 is 6.61 Å². The molecule has 1 aromatic carbocycles. The van der Waals surface area contributed by atoms with Crippen molar-refractivity contribution in [1.82, 2.24) is 5.32 Å². The number of para-hydroxylation sites is 2. The smallest absolute Gasteiger partial charge is 0.387 e. The van der Waals surface area contributed by atoms with Gasteiger partial charge in [0, 0.05) is 19.1 Å². The average molecular weight is 424 g/mol. The molecule has 1 aromatic heterocycles. The monoisotopic (exact) mass is 423 g/mol. The lowest BCUT2D eigenvalue weighted by atomic mass is 10.2. The van der Waals surface area contributed by atoms with Gasteiger partial charge < -0.3 is 25.1 Å². The highest BCUT2D eigenvalue weighted by molar-refractivity contribution is 5.94. The SMILES string of the molecule is Cl.Cl.NCc1cc(C(=O)NC2CCN(c3ccccc3OC(F)F)C2)co1. The molecule has 150 valence electrons. The van der Waals surface area contributed by atoms with Crippen LogP contribution in [0.5, 0.6) is 5.75 Å². The number of hydrogen-bond acceptors (Lipinski definition) is 5. The van der Waals surface area contributed by atoms with E-state index in [-0.39, 0.29) is 49.1 Å². The predicted molar refractivity (Wildman–Crippen MR) is 102 cm³/mol. The molecular formula is C17H21Cl2F2N3O3. The van der Waals surface area contributed by atoms with Crippen LogP contribution in [0.1, 0.15) is 22.5 Å². The molecule has 0 bridgehead atoms. The molecule has 27 heavy (non-hydrogen) atoms. The molecular weight excluding hydrogens is 403 g/mol. The molecule has 6 nitrogen and oxygen atoms in total. The zero-order valence-electron chi connectivity index (χ0n) is 14.3. The number of amides is 1. The Hall–Kier alpha value is -2.03. The van der Waals surface area contributed by atoms with Gasteiger partial charge in [-0.3, -0.25) is 4.79 Å². The first-order valence-corrected chi connectivity index (χ1v) is 7.94. The van der Waals surface area contributed by atoms with Crippen molar-refractivity contribution in [2.45, 2.75) is 25.6 Å². The van der Waals surface area contributed by atoms with Gasteiger partial charge in [-0.2, -0.15) is 8.78 Å². The molecule has 0 aliphatic carbocycles. The molecule has 0 radical (unpaired) electrons. The van der Waals surface area contributed by atoms with Gasteiger partial charge in [-0.05, 0) is 24.6 Å². The van der Waals surface area contributed by atoms with Crippen molar-refractivity contribution < 1.29 is 22.7 Å². The van der Waals surface area contributed by atoms with Gasteiger partial charge in [-0.25, -0.2) is 0 Å². The van der Waals surface area contributed by atoms with Crippen LogP contribution in [0.3, 0.4) is 0 Å². The number of alkyl halides is 2. The molecule has 0 spiro atoms. The summed E-state index contributed by atoms with van der Waals surface area (Å²) in [7, 11) is 0. The van der Waals surface area contributed by atoms with Crippen LogP contribution in [0, 0.1) is 0 Å². The second kappa shape index (κ2) is 10.3. The maximum Gasteiger partial charge on any atom is 0.387 e. The number of carbonyl (C=O) groups is 1. The van der Waals surface area contributed by atoms with E-state index in [1.165, 1.54) is 12.3 Å².